The van der Waals surface area contributed by atoms with E-state index in [4.69, 9.17) is 11.2 Å². The zero-order chi connectivity index (χ0) is 22.6. The molecule has 1 saturated heterocycles. The standard InChI is InChI=1S/C17H20N6O5S3/c1-4-5-6-29-9-11(24)18-17(28-3)14(27)23-12(13(25)26)10(7-30-15(17)23)8-31-16-19-20-21-22(16)2/h1,15H,5-9H2,2-3H3,(H,18,24)(H,25,26)/t15-,17+/m1/s1. The van der Waals surface area contributed by atoms with Gasteiger partial charge >= 0.3 is 5.97 Å². The van der Waals surface area contributed by atoms with Crippen LogP contribution in [0.1, 0.15) is 6.42 Å². The van der Waals surface area contributed by atoms with E-state index in [1.807, 2.05) is 0 Å². The highest BCUT2D eigenvalue weighted by molar-refractivity contribution is 8.01. The van der Waals surface area contributed by atoms with Gasteiger partial charge in [0.05, 0.1) is 5.75 Å². The number of hydrogen-bond donors (Lipinski definition) is 2. The number of ether oxygens (including phenoxy) is 1. The number of thioether (sulfide) groups is 3. The van der Waals surface area contributed by atoms with Crippen LogP contribution in [0.25, 0.3) is 0 Å². The molecule has 2 amide bonds. The van der Waals surface area contributed by atoms with Gasteiger partial charge in [-0.1, -0.05) is 11.8 Å². The number of rotatable bonds is 10. The number of carboxylic acid groups (broad SMARTS) is 1. The van der Waals surface area contributed by atoms with Gasteiger partial charge in [0.1, 0.15) is 11.1 Å². The summed E-state index contributed by atoms with van der Waals surface area (Å²) in [7, 11) is 3.00. The van der Waals surface area contributed by atoms with Crippen molar-refractivity contribution in [3.05, 3.63) is 11.3 Å². The Labute approximate surface area is 191 Å². The molecule has 0 spiro atoms. The molecule has 0 aromatic carbocycles. The number of carbonyl (C=O) groups excluding carboxylic acids is 2. The lowest BCUT2D eigenvalue weighted by atomic mass is 9.98. The molecule has 31 heavy (non-hydrogen) atoms. The first-order valence-electron chi connectivity index (χ1n) is 8.98. The Morgan fingerprint density at radius 2 is 2.29 bits per heavy atom. The molecular weight excluding hydrogens is 464 g/mol. The van der Waals surface area contributed by atoms with Crippen molar-refractivity contribution in [1.82, 2.24) is 30.4 Å². The Hall–Kier alpha value is -2.21. The first-order valence-corrected chi connectivity index (χ1v) is 12.2. The van der Waals surface area contributed by atoms with Gasteiger partial charge in [-0.3, -0.25) is 14.5 Å². The molecule has 3 heterocycles. The summed E-state index contributed by atoms with van der Waals surface area (Å²) in [4.78, 5) is 38.5. The summed E-state index contributed by atoms with van der Waals surface area (Å²) >= 11 is 3.96. The van der Waals surface area contributed by atoms with Crippen molar-refractivity contribution >= 4 is 53.1 Å². The van der Waals surface area contributed by atoms with Crippen molar-refractivity contribution in [2.45, 2.75) is 22.7 Å². The molecule has 1 aromatic heterocycles. The number of aliphatic carboxylic acids is 1. The average Bonchev–Trinajstić information content (AvgIpc) is 3.17. The first-order chi connectivity index (χ1) is 14.9. The molecule has 2 N–H and O–H groups in total. The predicted molar refractivity (Wildman–Crippen MR) is 116 cm³/mol. The molecule has 2 atom stereocenters. The SMILES string of the molecule is C#CCCSCC(=O)N[C@]1(OC)C(=O)N2C(C(=O)O)=C(CSc3nnnn3C)CS[C@@H]21. The van der Waals surface area contributed by atoms with Crippen LogP contribution in [0.5, 0.6) is 0 Å². The van der Waals surface area contributed by atoms with Crippen molar-refractivity contribution < 1.29 is 24.2 Å². The van der Waals surface area contributed by atoms with E-state index in [-0.39, 0.29) is 17.4 Å². The number of terminal acetylenes is 1. The number of aryl methyl sites for hydroxylation is 1. The maximum atomic E-state index is 13.0. The Bertz CT molecular complexity index is 960. The average molecular weight is 485 g/mol. The van der Waals surface area contributed by atoms with Crippen LogP contribution in [0.3, 0.4) is 0 Å². The molecule has 14 heteroatoms. The third kappa shape index (κ3) is 4.54. The predicted octanol–water partition coefficient (Wildman–Crippen LogP) is -0.229. The molecule has 11 nitrogen and oxygen atoms in total. The fourth-order valence-electron chi connectivity index (χ4n) is 3.09. The smallest absolute Gasteiger partial charge is 0.352 e. The second-order valence-corrected chi connectivity index (χ2v) is 9.58. The fraction of sp³-hybridized carbons (Fsp3) is 0.529. The molecule has 1 fully saturated rings. The zero-order valence-corrected chi connectivity index (χ0v) is 19.2. The van der Waals surface area contributed by atoms with Gasteiger partial charge in [0.2, 0.25) is 11.1 Å². The van der Waals surface area contributed by atoms with Crippen LogP contribution >= 0.6 is 35.3 Å². The minimum absolute atomic E-state index is 0.0957. The van der Waals surface area contributed by atoms with E-state index in [0.29, 0.717) is 34.4 Å². The number of hydrogen-bond acceptors (Lipinski definition) is 10. The van der Waals surface area contributed by atoms with E-state index in [1.165, 1.54) is 52.0 Å². The lowest BCUT2D eigenvalue weighted by Crippen LogP contribution is -2.80. The maximum Gasteiger partial charge on any atom is 0.352 e. The lowest BCUT2D eigenvalue weighted by molar-refractivity contribution is -0.192. The van der Waals surface area contributed by atoms with Gasteiger partial charge < -0.3 is 15.2 Å². The molecule has 1 aromatic rings. The van der Waals surface area contributed by atoms with Crippen LogP contribution in [-0.4, -0.2) is 89.2 Å². The van der Waals surface area contributed by atoms with Crippen molar-refractivity contribution in [1.29, 1.82) is 0 Å². The zero-order valence-electron chi connectivity index (χ0n) is 16.7. The summed E-state index contributed by atoms with van der Waals surface area (Å²) in [6.45, 7) is 0. The minimum Gasteiger partial charge on any atom is -0.477 e. The molecule has 2 aliphatic heterocycles. The normalized spacial score (nSPS) is 22.5. The number of tetrazole rings is 1. The monoisotopic (exact) mass is 484 g/mol. The third-order valence-electron chi connectivity index (χ3n) is 4.54. The number of carbonyl (C=O) groups is 3. The number of fused-ring (bicyclic) bond motifs is 1. The number of aromatic nitrogens is 4. The molecule has 0 bridgehead atoms. The van der Waals surface area contributed by atoms with Gasteiger partial charge in [-0.2, -0.15) is 11.8 Å². The number of nitrogens with one attached hydrogen (secondary N) is 1. The van der Waals surface area contributed by atoms with E-state index in [1.54, 1.807) is 7.05 Å². The van der Waals surface area contributed by atoms with Crippen LogP contribution < -0.4 is 5.32 Å². The molecule has 166 valence electrons. The minimum atomic E-state index is -1.60. The van der Waals surface area contributed by atoms with E-state index >= 15 is 0 Å². The van der Waals surface area contributed by atoms with Gasteiger partial charge in [0.15, 0.2) is 0 Å². The van der Waals surface area contributed by atoms with Crippen LogP contribution in [0.2, 0.25) is 0 Å². The Morgan fingerprint density at radius 3 is 2.90 bits per heavy atom. The number of methoxy groups -OCH3 is 1. The fourth-order valence-corrected chi connectivity index (χ4v) is 6.18. The van der Waals surface area contributed by atoms with E-state index in [2.05, 4.69) is 26.8 Å². The van der Waals surface area contributed by atoms with Gasteiger partial charge in [-0.25, -0.2) is 9.48 Å². The molecule has 3 rings (SSSR count). The molecule has 2 aliphatic rings. The number of amides is 2. The van der Waals surface area contributed by atoms with Crippen molar-refractivity contribution in [3.63, 3.8) is 0 Å². The van der Waals surface area contributed by atoms with Gasteiger partial charge in [0, 0.05) is 37.8 Å². The maximum absolute atomic E-state index is 13.0. The Kier molecular flexibility index (Phi) is 7.52. The summed E-state index contributed by atoms with van der Waals surface area (Å²) in [5.74, 6) is 1.68. The molecule has 0 unspecified atom stereocenters. The molecule has 0 aliphatic carbocycles. The highest BCUT2D eigenvalue weighted by Gasteiger charge is 2.66. The summed E-state index contributed by atoms with van der Waals surface area (Å²) in [6.07, 6.45) is 5.73. The van der Waals surface area contributed by atoms with Crippen LogP contribution in [0.15, 0.2) is 16.4 Å². The van der Waals surface area contributed by atoms with Gasteiger partial charge in [0.25, 0.3) is 11.6 Å². The second-order valence-electron chi connectivity index (χ2n) is 6.46. The topological polar surface area (TPSA) is 140 Å². The van der Waals surface area contributed by atoms with E-state index in [0.717, 1.165) is 0 Å². The lowest BCUT2D eigenvalue weighted by Gasteiger charge is -2.55. The Morgan fingerprint density at radius 1 is 1.52 bits per heavy atom. The van der Waals surface area contributed by atoms with Crippen LogP contribution in [0.4, 0.5) is 0 Å². The van der Waals surface area contributed by atoms with Crippen LogP contribution in [0, 0.1) is 12.3 Å². The summed E-state index contributed by atoms with van der Waals surface area (Å²) in [6, 6.07) is 0. The van der Waals surface area contributed by atoms with Crippen molar-refractivity contribution in [2.24, 2.45) is 7.05 Å². The van der Waals surface area contributed by atoms with Crippen molar-refractivity contribution in [3.8, 4) is 12.3 Å². The first kappa shape index (κ1) is 23.5. The second kappa shape index (κ2) is 9.94. The number of β-lactam (4-membered cyclic amide) rings is 1. The van der Waals surface area contributed by atoms with E-state index < -0.39 is 23.0 Å². The molecule has 0 saturated carbocycles. The highest BCUT2D eigenvalue weighted by Crippen LogP contribution is 2.47. The number of nitrogens with zero attached hydrogens (tertiary/aromatic N) is 5. The summed E-state index contributed by atoms with van der Waals surface area (Å²) < 4.78 is 6.89. The summed E-state index contributed by atoms with van der Waals surface area (Å²) in [5, 5.41) is 23.4. The molecular formula is C17H20N6O5S3. The van der Waals surface area contributed by atoms with Crippen LogP contribution in [-0.2, 0) is 26.2 Å². The van der Waals surface area contributed by atoms with Gasteiger partial charge in [-0.05, 0) is 16.0 Å². The van der Waals surface area contributed by atoms with Gasteiger partial charge in [-0.15, -0.1) is 29.2 Å². The highest BCUT2D eigenvalue weighted by atomic mass is 32.2. The summed E-state index contributed by atoms with van der Waals surface area (Å²) in [5.41, 5.74) is -1.13. The van der Waals surface area contributed by atoms with Crippen molar-refractivity contribution in [2.75, 3.05) is 30.1 Å². The number of carboxylic acids is 1. The molecule has 0 radical (unpaired) electrons. The van der Waals surface area contributed by atoms with E-state index in [9.17, 15) is 19.5 Å². The Balaban J connectivity index is 1.74. The third-order valence-corrected chi connectivity index (χ3v) is 7.97. The largest absolute Gasteiger partial charge is 0.477 e. The quantitative estimate of drug-likeness (QED) is 0.150.